The van der Waals surface area contributed by atoms with Crippen molar-refractivity contribution in [1.29, 1.82) is 0 Å². The smallest absolute Gasteiger partial charge is 0.269 e. The number of ether oxygens (including phenoxy) is 1. The van der Waals surface area contributed by atoms with Crippen LogP contribution in [0.3, 0.4) is 0 Å². The maximum absolute atomic E-state index is 13.6. The van der Waals surface area contributed by atoms with E-state index in [1.807, 2.05) is 24.3 Å². The van der Waals surface area contributed by atoms with Crippen molar-refractivity contribution in [3.63, 3.8) is 0 Å². The van der Waals surface area contributed by atoms with Gasteiger partial charge in [-0.2, -0.15) is 0 Å². The van der Waals surface area contributed by atoms with Crippen molar-refractivity contribution in [2.24, 2.45) is 5.92 Å². The van der Waals surface area contributed by atoms with Crippen molar-refractivity contribution in [1.82, 2.24) is 0 Å². The number of hydrogen-bond donors (Lipinski definition) is 1. The van der Waals surface area contributed by atoms with E-state index in [0.29, 0.717) is 24.4 Å². The molecule has 8 heteroatoms. The number of rotatable bonds is 5. The third kappa shape index (κ3) is 4.51. The van der Waals surface area contributed by atoms with Crippen LogP contribution in [-0.4, -0.2) is 43.6 Å². The molecule has 0 saturated carbocycles. The standard InChI is InChI=1S/C27H28N4O4/c1-18-6-8-21(9-7-18)29-12-13-30-25-11-10-22(31(33)34)14-19(25)15-24(26(30)17-29)27(32)28-20-4-3-5-23(16-20)35-2/h3-11,14,16,24,26H,12-13,15,17H2,1-2H3,(H,28,32)/t24-,26-/m0/s1. The van der Waals surface area contributed by atoms with Gasteiger partial charge in [-0.05, 0) is 49.2 Å². The van der Waals surface area contributed by atoms with Gasteiger partial charge in [0.2, 0.25) is 5.91 Å². The van der Waals surface area contributed by atoms with Crippen LogP contribution >= 0.6 is 0 Å². The van der Waals surface area contributed by atoms with Gasteiger partial charge in [0, 0.05) is 54.9 Å². The summed E-state index contributed by atoms with van der Waals surface area (Å²) >= 11 is 0. The molecule has 8 nitrogen and oxygen atoms in total. The number of anilines is 3. The first kappa shape index (κ1) is 22.7. The molecule has 3 aromatic rings. The Morgan fingerprint density at radius 1 is 1.09 bits per heavy atom. The molecule has 0 radical (unpaired) electrons. The Bertz CT molecular complexity index is 1260. The van der Waals surface area contributed by atoms with Crippen LogP contribution in [0.5, 0.6) is 5.75 Å². The van der Waals surface area contributed by atoms with Crippen molar-refractivity contribution in [2.75, 3.05) is 41.9 Å². The van der Waals surface area contributed by atoms with Crippen molar-refractivity contribution in [2.45, 2.75) is 19.4 Å². The number of aryl methyl sites for hydroxylation is 1. The minimum atomic E-state index is -0.382. The van der Waals surface area contributed by atoms with Gasteiger partial charge in [-0.3, -0.25) is 14.9 Å². The summed E-state index contributed by atoms with van der Waals surface area (Å²) in [5.74, 6) is 0.192. The molecule has 35 heavy (non-hydrogen) atoms. The second-order valence-corrected chi connectivity index (χ2v) is 9.14. The monoisotopic (exact) mass is 472 g/mol. The largest absolute Gasteiger partial charge is 0.497 e. The van der Waals surface area contributed by atoms with Crippen LogP contribution < -0.4 is 19.9 Å². The average Bonchev–Trinajstić information content (AvgIpc) is 2.88. The number of hydrogen-bond acceptors (Lipinski definition) is 6. The lowest BCUT2D eigenvalue weighted by Crippen LogP contribution is -2.60. The van der Waals surface area contributed by atoms with Crippen LogP contribution in [-0.2, 0) is 11.2 Å². The van der Waals surface area contributed by atoms with Crippen LogP contribution in [0.15, 0.2) is 66.7 Å². The highest BCUT2D eigenvalue weighted by atomic mass is 16.6. The normalized spacial score (nSPS) is 18.9. The number of carbonyl (C=O) groups excluding carboxylic acids is 1. The molecule has 2 heterocycles. The minimum absolute atomic E-state index is 0.0486. The van der Waals surface area contributed by atoms with E-state index >= 15 is 0 Å². The molecule has 3 aromatic carbocycles. The summed E-state index contributed by atoms with van der Waals surface area (Å²) in [4.78, 5) is 29.2. The molecule has 2 aliphatic heterocycles. The quantitative estimate of drug-likeness (QED) is 0.437. The topological polar surface area (TPSA) is 87.9 Å². The maximum Gasteiger partial charge on any atom is 0.269 e. The zero-order valence-electron chi connectivity index (χ0n) is 19.8. The van der Waals surface area contributed by atoms with E-state index in [-0.39, 0.29) is 28.5 Å². The molecule has 1 amide bonds. The zero-order valence-corrected chi connectivity index (χ0v) is 19.8. The number of amides is 1. The van der Waals surface area contributed by atoms with E-state index in [1.165, 1.54) is 5.56 Å². The van der Waals surface area contributed by atoms with Crippen molar-refractivity contribution >= 4 is 28.7 Å². The van der Waals surface area contributed by atoms with Gasteiger partial charge in [0.1, 0.15) is 5.75 Å². The summed E-state index contributed by atoms with van der Waals surface area (Å²) < 4.78 is 5.29. The first-order valence-corrected chi connectivity index (χ1v) is 11.7. The fourth-order valence-electron chi connectivity index (χ4n) is 5.15. The Morgan fingerprint density at radius 3 is 2.63 bits per heavy atom. The molecule has 0 spiro atoms. The number of nitrogens with zero attached hydrogens (tertiary/aromatic N) is 3. The molecule has 0 aliphatic carbocycles. The molecule has 2 aliphatic rings. The Morgan fingerprint density at radius 2 is 1.89 bits per heavy atom. The Hall–Kier alpha value is -4.07. The van der Waals surface area contributed by atoms with Crippen LogP contribution in [0.25, 0.3) is 0 Å². The summed E-state index contributed by atoms with van der Waals surface area (Å²) in [6.45, 7) is 4.29. The van der Waals surface area contributed by atoms with Gasteiger partial charge in [-0.25, -0.2) is 0 Å². The summed E-state index contributed by atoms with van der Waals surface area (Å²) in [5, 5.41) is 14.5. The maximum atomic E-state index is 13.6. The van der Waals surface area contributed by atoms with Crippen molar-refractivity contribution in [3.8, 4) is 5.75 Å². The molecule has 1 saturated heterocycles. The molecule has 1 fully saturated rings. The first-order valence-electron chi connectivity index (χ1n) is 11.7. The van der Waals surface area contributed by atoms with Gasteiger partial charge >= 0.3 is 0 Å². The van der Waals surface area contributed by atoms with Gasteiger partial charge in [0.05, 0.1) is 24.0 Å². The average molecular weight is 473 g/mol. The highest BCUT2D eigenvalue weighted by Crippen LogP contribution is 2.39. The number of benzene rings is 3. The fraction of sp³-hybridized carbons (Fsp3) is 0.296. The number of nitro groups is 1. The van der Waals surface area contributed by atoms with Crippen LogP contribution in [0.4, 0.5) is 22.7 Å². The number of carbonyl (C=O) groups is 1. The molecule has 0 aromatic heterocycles. The molecule has 180 valence electrons. The molecule has 5 rings (SSSR count). The second kappa shape index (κ2) is 9.29. The molecule has 1 N–H and O–H groups in total. The lowest BCUT2D eigenvalue weighted by molar-refractivity contribution is -0.384. The van der Waals surface area contributed by atoms with Crippen molar-refractivity contribution < 1.29 is 14.5 Å². The molecular weight excluding hydrogens is 444 g/mol. The molecular formula is C27H28N4O4. The number of nitro benzene ring substituents is 1. The minimum Gasteiger partial charge on any atom is -0.497 e. The molecule has 0 bridgehead atoms. The van der Waals surface area contributed by atoms with Crippen LogP contribution in [0.2, 0.25) is 0 Å². The van der Waals surface area contributed by atoms with Gasteiger partial charge in [0.25, 0.3) is 5.69 Å². The van der Waals surface area contributed by atoms with Crippen LogP contribution in [0, 0.1) is 23.0 Å². The fourth-order valence-corrected chi connectivity index (χ4v) is 5.15. The van der Waals surface area contributed by atoms with E-state index in [9.17, 15) is 14.9 Å². The highest BCUT2D eigenvalue weighted by Gasteiger charge is 2.42. The Labute approximate surface area is 204 Å². The summed E-state index contributed by atoms with van der Waals surface area (Å²) in [6.07, 6.45) is 0.440. The first-order chi connectivity index (χ1) is 16.9. The van der Waals surface area contributed by atoms with Gasteiger partial charge in [0.15, 0.2) is 0 Å². The van der Waals surface area contributed by atoms with E-state index < -0.39 is 0 Å². The predicted molar refractivity (Wildman–Crippen MR) is 136 cm³/mol. The summed E-state index contributed by atoms with van der Waals surface area (Å²) in [6, 6.07) is 20.7. The summed E-state index contributed by atoms with van der Waals surface area (Å²) in [5.41, 5.74) is 4.87. The number of piperazine rings is 1. The predicted octanol–water partition coefficient (Wildman–Crippen LogP) is 4.42. The Kier molecular flexibility index (Phi) is 6.03. The van der Waals surface area contributed by atoms with E-state index in [0.717, 1.165) is 30.0 Å². The lowest BCUT2D eigenvalue weighted by Gasteiger charge is -2.49. The third-order valence-electron chi connectivity index (χ3n) is 6.98. The number of non-ortho nitro benzene ring substituents is 1. The van der Waals surface area contributed by atoms with E-state index in [2.05, 4.69) is 46.3 Å². The number of fused-ring (bicyclic) bond motifs is 3. The SMILES string of the molecule is COc1cccc(NC(=O)[C@H]2Cc3cc([N+](=O)[O-])ccc3N3CCN(c4ccc(C)cc4)C[C@@H]23)c1. The number of methoxy groups -OCH3 is 1. The Balaban J connectivity index is 1.47. The summed E-state index contributed by atoms with van der Waals surface area (Å²) in [7, 11) is 1.59. The lowest BCUT2D eigenvalue weighted by atomic mass is 9.83. The second-order valence-electron chi connectivity index (χ2n) is 9.14. The van der Waals surface area contributed by atoms with Crippen LogP contribution in [0.1, 0.15) is 11.1 Å². The van der Waals surface area contributed by atoms with Gasteiger partial charge in [-0.15, -0.1) is 0 Å². The third-order valence-corrected chi connectivity index (χ3v) is 6.98. The van der Waals surface area contributed by atoms with Gasteiger partial charge in [-0.1, -0.05) is 23.8 Å². The number of nitrogens with one attached hydrogen (secondary N) is 1. The van der Waals surface area contributed by atoms with E-state index in [4.69, 9.17) is 4.74 Å². The highest BCUT2D eigenvalue weighted by molar-refractivity contribution is 5.94. The molecule has 2 atom stereocenters. The van der Waals surface area contributed by atoms with Crippen molar-refractivity contribution in [3.05, 3.63) is 88.0 Å². The van der Waals surface area contributed by atoms with Gasteiger partial charge < -0.3 is 19.9 Å². The zero-order chi connectivity index (χ0) is 24.5. The molecule has 0 unspecified atom stereocenters. The van der Waals surface area contributed by atoms with E-state index in [1.54, 1.807) is 25.3 Å².